The molecule has 0 aliphatic rings. The van der Waals surface area contributed by atoms with E-state index in [-0.39, 0.29) is 14.9 Å². The maximum atomic E-state index is 7.47. The molecule has 0 bridgehead atoms. The third kappa shape index (κ3) is 5.18. The third-order valence-electron chi connectivity index (χ3n) is 5.77. The van der Waals surface area contributed by atoms with E-state index < -0.39 is 16.6 Å². The Labute approximate surface area is 152 Å². The zero-order chi connectivity index (χ0) is 17.2. The van der Waals surface area contributed by atoms with E-state index in [0.717, 1.165) is 0 Å². The number of hydrogen-bond donors (Lipinski definition) is 0. The minimum absolute atomic E-state index is 0. The lowest BCUT2D eigenvalue weighted by atomic mass is 10.5. The van der Waals surface area contributed by atoms with E-state index in [1.165, 1.54) is 0 Å². The van der Waals surface area contributed by atoms with Crippen molar-refractivity contribution in [3.05, 3.63) is 0 Å². The van der Waals surface area contributed by atoms with Gasteiger partial charge < -0.3 is 4.12 Å². The fraction of sp³-hybridized carbons (Fsp3) is 1.00. The number of hydrogen-bond acceptors (Lipinski definition) is 1. The molecule has 0 atom stereocenters. The first-order valence-corrected chi connectivity index (χ1v) is 13.3. The largest absolute Gasteiger partial charge is 0.454 e. The summed E-state index contributed by atoms with van der Waals surface area (Å²) in [5.74, 6) is 0. The van der Waals surface area contributed by atoms with Crippen LogP contribution in [0.1, 0.15) is 97.9 Å². The van der Waals surface area contributed by atoms with Gasteiger partial charge in [-0.3, -0.25) is 0 Å². The maximum Gasteiger partial charge on any atom is 0.187 e. The van der Waals surface area contributed by atoms with Gasteiger partial charge in [-0.15, -0.1) is 0 Å². The average Bonchev–Trinajstić information content (AvgIpc) is 2.26. The van der Waals surface area contributed by atoms with Crippen LogP contribution in [0.15, 0.2) is 0 Å². The molecule has 23 heavy (non-hydrogen) atoms. The maximum absolute atomic E-state index is 7.47. The van der Waals surface area contributed by atoms with Gasteiger partial charge in [0.15, 0.2) is 16.6 Å². The van der Waals surface area contributed by atoms with E-state index in [1.807, 2.05) is 0 Å². The highest BCUT2D eigenvalue weighted by molar-refractivity contribution is 6.90. The number of rotatable bonds is 8. The van der Waals surface area contributed by atoms with E-state index in [4.69, 9.17) is 4.12 Å². The summed E-state index contributed by atoms with van der Waals surface area (Å²) in [4.78, 5) is 0. The lowest BCUT2D eigenvalue weighted by Gasteiger charge is -2.54. The molecule has 0 N–H and O–H groups in total. The lowest BCUT2D eigenvalue weighted by Crippen LogP contribution is -2.60. The normalized spacial score (nSPS) is 13.3. The fourth-order valence-corrected chi connectivity index (χ4v) is 21.1. The Kier molecular flexibility index (Phi) is 12.8. The van der Waals surface area contributed by atoms with Crippen molar-refractivity contribution in [2.75, 3.05) is 0 Å². The van der Waals surface area contributed by atoms with E-state index in [9.17, 15) is 0 Å². The molecule has 0 rings (SSSR count). The van der Waals surface area contributed by atoms with Gasteiger partial charge in [-0.25, -0.2) is 0 Å². The Morgan fingerprint density at radius 2 is 0.522 bits per heavy atom. The molecule has 3 heteroatoms. The topological polar surface area (TPSA) is 9.23 Å². The van der Waals surface area contributed by atoms with Crippen molar-refractivity contribution in [3.63, 3.8) is 0 Å². The molecular formula is C20H50OSi2. The van der Waals surface area contributed by atoms with E-state index >= 15 is 0 Å². The Morgan fingerprint density at radius 1 is 0.391 bits per heavy atom. The van der Waals surface area contributed by atoms with Crippen LogP contribution in [0, 0.1) is 0 Å². The molecule has 0 saturated heterocycles. The molecule has 144 valence electrons. The first kappa shape index (κ1) is 28.2. The summed E-state index contributed by atoms with van der Waals surface area (Å²) < 4.78 is 7.47. The van der Waals surface area contributed by atoms with Gasteiger partial charge in [0.2, 0.25) is 0 Å². The molecule has 0 aliphatic heterocycles. The predicted octanol–water partition coefficient (Wildman–Crippen LogP) is 8.63. The van der Waals surface area contributed by atoms with Crippen LogP contribution in [0.5, 0.6) is 0 Å². The van der Waals surface area contributed by atoms with Gasteiger partial charge in [0.25, 0.3) is 0 Å². The Bertz CT molecular complexity index is 233. The van der Waals surface area contributed by atoms with Crippen molar-refractivity contribution < 1.29 is 4.12 Å². The van der Waals surface area contributed by atoms with Gasteiger partial charge in [-0.05, 0) is 33.2 Å². The third-order valence-corrected chi connectivity index (χ3v) is 19.4. The average molecular weight is 363 g/mol. The van der Waals surface area contributed by atoms with Crippen LogP contribution in [0.3, 0.4) is 0 Å². The summed E-state index contributed by atoms with van der Waals surface area (Å²) in [6.07, 6.45) is 0. The first-order chi connectivity index (χ1) is 9.37. The smallest absolute Gasteiger partial charge is 0.187 e. The molecule has 0 spiro atoms. The molecule has 0 radical (unpaired) electrons. The Morgan fingerprint density at radius 3 is 0.609 bits per heavy atom. The minimum atomic E-state index is -1.79. The van der Waals surface area contributed by atoms with E-state index in [2.05, 4.69) is 83.1 Å². The van der Waals surface area contributed by atoms with Crippen LogP contribution in [0.4, 0.5) is 0 Å². The monoisotopic (exact) mass is 362 g/mol. The summed E-state index contributed by atoms with van der Waals surface area (Å²) >= 11 is 0. The second kappa shape index (κ2) is 10.4. The molecular weight excluding hydrogens is 312 g/mol. The quantitative estimate of drug-likeness (QED) is 0.392. The molecule has 0 aromatic rings. The van der Waals surface area contributed by atoms with Crippen molar-refractivity contribution in [2.24, 2.45) is 0 Å². The minimum Gasteiger partial charge on any atom is -0.454 e. The standard InChI is InChI=1S/C18H42OSi2.2CH4/c1-13(2)20(14(3)4,15(5)6)19-21(16(7)8,17(9)10)18(11)12;;/h13-18H,1-12H3;2*1H4. The van der Waals surface area contributed by atoms with Crippen molar-refractivity contribution in [1.82, 2.24) is 0 Å². The Hall–Kier alpha value is 0.394. The molecule has 0 fully saturated rings. The van der Waals surface area contributed by atoms with Crippen LogP contribution in [0.25, 0.3) is 0 Å². The van der Waals surface area contributed by atoms with Gasteiger partial charge in [0, 0.05) is 0 Å². The predicted molar refractivity (Wildman–Crippen MR) is 117 cm³/mol. The van der Waals surface area contributed by atoms with Crippen molar-refractivity contribution in [1.29, 1.82) is 0 Å². The highest BCUT2D eigenvalue weighted by Crippen LogP contribution is 2.51. The molecule has 0 saturated carbocycles. The summed E-state index contributed by atoms with van der Waals surface area (Å²) in [5, 5.41) is 0. The molecule has 0 amide bonds. The molecule has 0 unspecified atom stereocenters. The molecule has 0 aromatic heterocycles. The molecule has 0 aromatic carbocycles. The van der Waals surface area contributed by atoms with Gasteiger partial charge in [0.1, 0.15) is 0 Å². The second-order valence-corrected chi connectivity index (χ2v) is 19.9. The van der Waals surface area contributed by atoms with Crippen LogP contribution < -0.4 is 0 Å². The van der Waals surface area contributed by atoms with E-state index in [0.29, 0.717) is 33.2 Å². The molecule has 0 aliphatic carbocycles. The van der Waals surface area contributed by atoms with Crippen molar-refractivity contribution in [3.8, 4) is 0 Å². The van der Waals surface area contributed by atoms with E-state index in [1.54, 1.807) is 0 Å². The van der Waals surface area contributed by atoms with Gasteiger partial charge in [-0.2, -0.15) is 0 Å². The SMILES string of the molecule is C.C.CC(C)[Si](O[Si](C(C)C)(C(C)C)C(C)C)(C(C)C)C(C)C. The van der Waals surface area contributed by atoms with Gasteiger partial charge in [0.05, 0.1) is 0 Å². The lowest BCUT2D eigenvalue weighted by molar-refractivity contribution is 0.426. The van der Waals surface area contributed by atoms with Gasteiger partial charge in [-0.1, -0.05) is 97.9 Å². The summed E-state index contributed by atoms with van der Waals surface area (Å²) in [5.41, 5.74) is 4.09. The summed E-state index contributed by atoms with van der Waals surface area (Å²) in [7, 11) is -3.58. The molecule has 0 heterocycles. The highest BCUT2D eigenvalue weighted by Gasteiger charge is 2.54. The van der Waals surface area contributed by atoms with Crippen LogP contribution in [0.2, 0.25) is 33.2 Å². The van der Waals surface area contributed by atoms with Gasteiger partial charge >= 0.3 is 0 Å². The van der Waals surface area contributed by atoms with Crippen molar-refractivity contribution in [2.45, 2.75) is 131 Å². The van der Waals surface area contributed by atoms with Crippen LogP contribution in [-0.2, 0) is 4.12 Å². The van der Waals surface area contributed by atoms with Crippen LogP contribution in [-0.4, -0.2) is 16.6 Å². The second-order valence-electron chi connectivity index (χ2n) is 8.74. The highest BCUT2D eigenvalue weighted by atomic mass is 28.4. The zero-order valence-electron chi connectivity index (χ0n) is 16.9. The van der Waals surface area contributed by atoms with Crippen LogP contribution >= 0.6 is 0 Å². The molecule has 1 nitrogen and oxygen atoms in total. The fourth-order valence-electron chi connectivity index (χ4n) is 5.01. The Balaban J connectivity index is -0.00000200. The summed E-state index contributed by atoms with van der Waals surface area (Å²) in [6, 6.07) is 0. The summed E-state index contributed by atoms with van der Waals surface area (Å²) in [6.45, 7) is 28.9. The first-order valence-electron chi connectivity index (χ1n) is 9.07. The van der Waals surface area contributed by atoms with Crippen molar-refractivity contribution >= 4 is 16.6 Å². The zero-order valence-corrected chi connectivity index (χ0v) is 18.9.